The Morgan fingerprint density at radius 1 is 1.44 bits per heavy atom. The summed E-state index contributed by atoms with van der Waals surface area (Å²) < 4.78 is 5.39. The van der Waals surface area contributed by atoms with Crippen molar-refractivity contribution >= 4 is 5.91 Å². The van der Waals surface area contributed by atoms with E-state index in [9.17, 15) is 4.79 Å². The van der Waals surface area contributed by atoms with Gasteiger partial charge in [0.15, 0.2) is 0 Å². The first-order chi connectivity index (χ1) is 8.61. The number of benzene rings is 1. The van der Waals surface area contributed by atoms with Crippen molar-refractivity contribution in [1.82, 2.24) is 5.32 Å². The Morgan fingerprint density at radius 3 is 2.72 bits per heavy atom. The number of rotatable bonds is 5. The molecule has 0 aromatic heterocycles. The molecular weight excluding hydrogens is 226 g/mol. The standard InChI is InChI=1S/C15H21NO2/c1-10(2)12-6-7-13(14(8-12)18-3)9-16-15(17)11-4-5-11/h6-8,10-11H,4-5,9H2,1-3H3,(H,16,17). The van der Waals surface area contributed by atoms with Crippen molar-refractivity contribution in [3.63, 3.8) is 0 Å². The molecule has 0 unspecified atom stereocenters. The third kappa shape index (κ3) is 3.03. The third-order valence-electron chi connectivity index (χ3n) is 3.38. The molecule has 0 saturated heterocycles. The number of methoxy groups -OCH3 is 1. The lowest BCUT2D eigenvalue weighted by Crippen LogP contribution is -2.24. The van der Waals surface area contributed by atoms with Gasteiger partial charge in [0, 0.05) is 18.0 Å². The Morgan fingerprint density at radius 2 is 2.17 bits per heavy atom. The zero-order valence-corrected chi connectivity index (χ0v) is 11.3. The van der Waals surface area contributed by atoms with Crippen molar-refractivity contribution in [2.24, 2.45) is 5.92 Å². The highest BCUT2D eigenvalue weighted by atomic mass is 16.5. The molecule has 1 aromatic carbocycles. The Kier molecular flexibility index (Phi) is 3.90. The van der Waals surface area contributed by atoms with Crippen molar-refractivity contribution in [3.05, 3.63) is 29.3 Å². The second kappa shape index (κ2) is 5.42. The molecule has 98 valence electrons. The maximum absolute atomic E-state index is 11.6. The topological polar surface area (TPSA) is 38.3 Å². The van der Waals surface area contributed by atoms with Crippen LogP contribution in [-0.2, 0) is 11.3 Å². The van der Waals surface area contributed by atoms with Gasteiger partial charge in [-0.05, 0) is 30.4 Å². The number of amides is 1. The van der Waals surface area contributed by atoms with E-state index in [0.29, 0.717) is 12.5 Å². The van der Waals surface area contributed by atoms with Gasteiger partial charge in [0.25, 0.3) is 0 Å². The van der Waals surface area contributed by atoms with E-state index in [1.54, 1.807) is 7.11 Å². The predicted octanol–water partition coefficient (Wildman–Crippen LogP) is 2.84. The second-order valence-electron chi connectivity index (χ2n) is 5.22. The Balaban J connectivity index is 2.04. The number of carbonyl (C=O) groups excluding carboxylic acids is 1. The lowest BCUT2D eigenvalue weighted by Gasteiger charge is -2.13. The van der Waals surface area contributed by atoms with Gasteiger partial charge < -0.3 is 10.1 Å². The molecule has 18 heavy (non-hydrogen) atoms. The van der Waals surface area contributed by atoms with Crippen LogP contribution in [0.2, 0.25) is 0 Å². The van der Waals surface area contributed by atoms with Gasteiger partial charge in [-0.2, -0.15) is 0 Å². The normalized spacial score (nSPS) is 14.7. The third-order valence-corrected chi connectivity index (χ3v) is 3.38. The minimum atomic E-state index is 0.171. The fraction of sp³-hybridized carbons (Fsp3) is 0.533. The number of carbonyl (C=O) groups is 1. The van der Waals surface area contributed by atoms with Gasteiger partial charge in [0.2, 0.25) is 5.91 Å². The van der Waals surface area contributed by atoms with Gasteiger partial charge in [0.05, 0.1) is 7.11 Å². The van der Waals surface area contributed by atoms with Crippen LogP contribution in [0, 0.1) is 5.92 Å². The molecule has 1 N–H and O–H groups in total. The van der Waals surface area contributed by atoms with E-state index in [0.717, 1.165) is 24.2 Å². The average molecular weight is 247 g/mol. The lowest BCUT2D eigenvalue weighted by atomic mass is 10.0. The minimum absolute atomic E-state index is 0.171. The van der Waals surface area contributed by atoms with Crippen molar-refractivity contribution in [2.45, 2.75) is 39.2 Å². The van der Waals surface area contributed by atoms with Crippen LogP contribution in [-0.4, -0.2) is 13.0 Å². The smallest absolute Gasteiger partial charge is 0.223 e. The van der Waals surface area contributed by atoms with Crippen molar-refractivity contribution in [3.8, 4) is 5.75 Å². The van der Waals surface area contributed by atoms with Crippen molar-refractivity contribution in [2.75, 3.05) is 7.11 Å². The molecular formula is C15H21NO2. The van der Waals surface area contributed by atoms with Crippen LogP contribution in [0.1, 0.15) is 43.7 Å². The molecule has 0 radical (unpaired) electrons. The first kappa shape index (κ1) is 12.9. The minimum Gasteiger partial charge on any atom is -0.496 e. The summed E-state index contributed by atoms with van der Waals surface area (Å²) in [5, 5.41) is 2.97. The molecule has 2 rings (SSSR count). The molecule has 0 heterocycles. The Bertz CT molecular complexity index is 436. The van der Waals surface area contributed by atoms with E-state index in [4.69, 9.17) is 4.74 Å². The quantitative estimate of drug-likeness (QED) is 0.869. The van der Waals surface area contributed by atoms with Gasteiger partial charge in [-0.1, -0.05) is 26.0 Å². The Labute approximate surface area is 109 Å². The monoisotopic (exact) mass is 247 g/mol. The highest BCUT2D eigenvalue weighted by Gasteiger charge is 2.29. The molecule has 3 heteroatoms. The van der Waals surface area contributed by atoms with Crippen LogP contribution in [0.25, 0.3) is 0 Å². The molecule has 1 aromatic rings. The summed E-state index contributed by atoms with van der Waals surface area (Å²) in [5.41, 5.74) is 2.29. The maximum atomic E-state index is 11.6. The highest BCUT2D eigenvalue weighted by molar-refractivity contribution is 5.80. The molecule has 0 bridgehead atoms. The highest BCUT2D eigenvalue weighted by Crippen LogP contribution is 2.29. The molecule has 1 fully saturated rings. The zero-order valence-electron chi connectivity index (χ0n) is 11.3. The first-order valence-electron chi connectivity index (χ1n) is 6.56. The first-order valence-corrected chi connectivity index (χ1v) is 6.56. The zero-order chi connectivity index (χ0) is 13.1. The molecule has 0 aliphatic heterocycles. The van der Waals surface area contributed by atoms with Crippen LogP contribution in [0.15, 0.2) is 18.2 Å². The summed E-state index contributed by atoms with van der Waals surface area (Å²) in [6.07, 6.45) is 2.07. The van der Waals surface area contributed by atoms with Gasteiger partial charge in [0.1, 0.15) is 5.75 Å². The number of ether oxygens (including phenoxy) is 1. The van der Waals surface area contributed by atoms with E-state index in [1.165, 1.54) is 5.56 Å². The van der Waals surface area contributed by atoms with Gasteiger partial charge in [-0.15, -0.1) is 0 Å². The molecule has 0 atom stereocenters. The summed E-state index contributed by atoms with van der Waals surface area (Å²) in [6, 6.07) is 6.20. The van der Waals surface area contributed by atoms with Crippen molar-refractivity contribution in [1.29, 1.82) is 0 Å². The molecule has 1 saturated carbocycles. The summed E-state index contributed by atoms with van der Waals surface area (Å²) in [7, 11) is 1.67. The van der Waals surface area contributed by atoms with Crippen LogP contribution < -0.4 is 10.1 Å². The second-order valence-corrected chi connectivity index (χ2v) is 5.22. The molecule has 1 aliphatic carbocycles. The molecule has 1 amide bonds. The lowest BCUT2D eigenvalue weighted by molar-refractivity contribution is -0.122. The summed E-state index contributed by atoms with van der Waals surface area (Å²) in [4.78, 5) is 11.6. The van der Waals surface area contributed by atoms with E-state index in [1.807, 2.05) is 6.07 Å². The molecule has 0 spiro atoms. The largest absolute Gasteiger partial charge is 0.496 e. The van der Waals surface area contributed by atoms with Gasteiger partial charge >= 0.3 is 0 Å². The van der Waals surface area contributed by atoms with E-state index < -0.39 is 0 Å². The van der Waals surface area contributed by atoms with Crippen molar-refractivity contribution < 1.29 is 9.53 Å². The fourth-order valence-corrected chi connectivity index (χ4v) is 1.94. The maximum Gasteiger partial charge on any atom is 0.223 e. The van der Waals surface area contributed by atoms with Crippen LogP contribution in [0.4, 0.5) is 0 Å². The summed E-state index contributed by atoms with van der Waals surface area (Å²) >= 11 is 0. The van der Waals surface area contributed by atoms with Gasteiger partial charge in [-0.3, -0.25) is 4.79 Å². The Hall–Kier alpha value is -1.51. The summed E-state index contributed by atoms with van der Waals surface area (Å²) in [6.45, 7) is 4.86. The number of nitrogens with one attached hydrogen (secondary N) is 1. The van der Waals surface area contributed by atoms with Crippen LogP contribution in [0.3, 0.4) is 0 Å². The van der Waals surface area contributed by atoms with Crippen LogP contribution in [0.5, 0.6) is 5.75 Å². The predicted molar refractivity (Wildman–Crippen MR) is 71.7 cm³/mol. The number of hydrogen-bond acceptors (Lipinski definition) is 2. The molecule has 3 nitrogen and oxygen atoms in total. The average Bonchev–Trinajstić information content (AvgIpc) is 3.19. The SMILES string of the molecule is COc1cc(C(C)C)ccc1CNC(=O)C1CC1. The van der Waals surface area contributed by atoms with E-state index >= 15 is 0 Å². The molecule has 1 aliphatic rings. The van der Waals surface area contributed by atoms with E-state index in [-0.39, 0.29) is 11.8 Å². The van der Waals surface area contributed by atoms with Gasteiger partial charge in [-0.25, -0.2) is 0 Å². The number of hydrogen-bond donors (Lipinski definition) is 1. The van der Waals surface area contributed by atoms with E-state index in [2.05, 4.69) is 31.3 Å². The van der Waals surface area contributed by atoms with Crippen LogP contribution >= 0.6 is 0 Å². The summed E-state index contributed by atoms with van der Waals surface area (Å²) in [5.74, 6) is 1.77. The fourth-order valence-electron chi connectivity index (χ4n) is 1.94.